The van der Waals surface area contributed by atoms with Gasteiger partial charge in [0.15, 0.2) is 9.84 Å². The molecular formula is C46H73BN6O10S. The van der Waals surface area contributed by atoms with Crippen LogP contribution in [0.3, 0.4) is 0 Å². The van der Waals surface area contributed by atoms with Crippen molar-refractivity contribution in [2.24, 2.45) is 31.6 Å². The zero-order valence-corrected chi connectivity index (χ0v) is 41.1. The Balaban J connectivity index is 0. The Kier molecular flexibility index (Phi) is 28.5. The van der Waals surface area contributed by atoms with E-state index < -0.39 is 32.6 Å². The Morgan fingerprint density at radius 2 is 1.30 bits per heavy atom. The second-order valence-electron chi connectivity index (χ2n) is 18.0. The van der Waals surface area contributed by atoms with Gasteiger partial charge in [-0.2, -0.15) is 10.5 Å². The number of allylic oxidation sites excluding steroid dienone is 1. The molecule has 2 radical (unpaired) electrons. The number of nitriles is 2. The van der Waals surface area contributed by atoms with Gasteiger partial charge in [-0.1, -0.05) is 73.4 Å². The largest absolute Gasteiger partial charge is 0.464 e. The zero-order valence-electron chi connectivity index (χ0n) is 40.3. The molecule has 0 aromatic rings. The molecule has 2 aliphatic rings. The van der Waals surface area contributed by atoms with Crippen LogP contribution in [-0.4, -0.2) is 133 Å². The summed E-state index contributed by atoms with van der Waals surface area (Å²) in [5.41, 5.74) is -1.19. The van der Waals surface area contributed by atoms with Crippen molar-refractivity contribution in [2.45, 2.75) is 102 Å². The van der Waals surface area contributed by atoms with Crippen molar-refractivity contribution >= 4 is 53.2 Å². The summed E-state index contributed by atoms with van der Waals surface area (Å²) >= 11 is 0. The summed E-state index contributed by atoms with van der Waals surface area (Å²) in [5, 5.41) is 18.1. The SMILES string of the molecule is C/C=C/C(=O)OCCN1CCCN=C1C(C)(C)C.C=CCOC(=O)CCC(C)(C)C#N.C=CS(=O)(=O)CCC(=O)OCC(C)(C)C#N.[B]C(=C)C(=O)OCCN1CCN=C1C(C)(C)C. The van der Waals surface area contributed by atoms with Gasteiger partial charge < -0.3 is 28.7 Å². The molecule has 0 aromatic carbocycles. The monoisotopic (exact) mass is 913 g/mol. The third-order valence-corrected chi connectivity index (χ3v) is 9.83. The highest BCUT2D eigenvalue weighted by molar-refractivity contribution is 7.94. The fraction of sp³-hybridized carbons (Fsp3) is 0.652. The van der Waals surface area contributed by atoms with Gasteiger partial charge in [0, 0.05) is 48.4 Å². The van der Waals surface area contributed by atoms with Crippen LogP contribution in [0.5, 0.6) is 0 Å². The lowest BCUT2D eigenvalue weighted by molar-refractivity contribution is -0.145. The van der Waals surface area contributed by atoms with Gasteiger partial charge in [0.2, 0.25) is 0 Å². The maximum atomic E-state index is 11.2. The van der Waals surface area contributed by atoms with Crippen molar-refractivity contribution < 1.29 is 46.5 Å². The molecule has 0 amide bonds. The van der Waals surface area contributed by atoms with Gasteiger partial charge in [-0.3, -0.25) is 19.6 Å². The first-order chi connectivity index (χ1) is 29.5. The molecule has 0 N–H and O–H groups in total. The molecule has 16 nitrogen and oxygen atoms in total. The normalized spacial score (nSPS) is 13.9. The Morgan fingerprint density at radius 1 is 0.781 bits per heavy atom. The van der Waals surface area contributed by atoms with Crippen molar-refractivity contribution in [1.29, 1.82) is 10.5 Å². The number of carbonyl (C=O) groups excluding carboxylic acids is 4. The van der Waals surface area contributed by atoms with Crippen LogP contribution in [0.2, 0.25) is 0 Å². The van der Waals surface area contributed by atoms with Crippen LogP contribution in [0.1, 0.15) is 102 Å². The Labute approximate surface area is 384 Å². The molecule has 2 aliphatic heterocycles. The minimum Gasteiger partial charge on any atom is -0.464 e. The lowest BCUT2D eigenvalue weighted by Crippen LogP contribution is -2.44. The fourth-order valence-corrected chi connectivity index (χ4v) is 5.76. The molecule has 0 saturated carbocycles. The maximum absolute atomic E-state index is 11.2. The summed E-state index contributed by atoms with van der Waals surface area (Å²) in [4.78, 5) is 57.9. The Hall–Kier alpha value is -5.23. The molecule has 0 unspecified atom stereocenters. The quantitative estimate of drug-likeness (QED) is 0.0457. The van der Waals surface area contributed by atoms with Crippen LogP contribution >= 0.6 is 0 Å². The smallest absolute Gasteiger partial charge is 0.330 e. The number of hydrogen-bond donors (Lipinski definition) is 0. The Bertz CT molecular complexity index is 1850. The van der Waals surface area contributed by atoms with Gasteiger partial charge >= 0.3 is 23.9 Å². The first-order valence-electron chi connectivity index (χ1n) is 21.1. The van der Waals surface area contributed by atoms with Crippen molar-refractivity contribution in [1.82, 2.24) is 9.80 Å². The van der Waals surface area contributed by atoms with E-state index in [2.05, 4.69) is 87.1 Å². The van der Waals surface area contributed by atoms with E-state index in [1.807, 2.05) is 6.07 Å². The summed E-state index contributed by atoms with van der Waals surface area (Å²) < 4.78 is 41.6. The van der Waals surface area contributed by atoms with E-state index in [1.54, 1.807) is 40.7 Å². The molecule has 0 spiro atoms. The molecule has 18 heteroatoms. The highest BCUT2D eigenvalue weighted by Crippen LogP contribution is 2.23. The molecule has 64 heavy (non-hydrogen) atoms. The van der Waals surface area contributed by atoms with Gasteiger partial charge in [0.1, 0.15) is 45.9 Å². The van der Waals surface area contributed by atoms with E-state index in [4.69, 9.17) is 37.3 Å². The first-order valence-corrected chi connectivity index (χ1v) is 22.8. The lowest BCUT2D eigenvalue weighted by Gasteiger charge is -2.36. The number of amidine groups is 2. The highest BCUT2D eigenvalue weighted by Gasteiger charge is 2.29. The third-order valence-electron chi connectivity index (χ3n) is 8.55. The number of nitrogens with zero attached hydrogens (tertiary/aromatic N) is 6. The van der Waals surface area contributed by atoms with E-state index in [1.165, 1.54) is 12.2 Å². The summed E-state index contributed by atoms with van der Waals surface area (Å²) in [6, 6.07) is 4.09. The molecule has 0 saturated heterocycles. The third kappa shape index (κ3) is 29.2. The van der Waals surface area contributed by atoms with Crippen molar-refractivity contribution in [3.05, 3.63) is 48.8 Å². The predicted molar refractivity (Wildman–Crippen MR) is 252 cm³/mol. The Morgan fingerprint density at radius 3 is 1.78 bits per heavy atom. The average molecular weight is 913 g/mol. The molecular weight excluding hydrogens is 839 g/mol. The number of aliphatic imine (C=N–C) groups is 2. The van der Waals surface area contributed by atoms with Gasteiger partial charge in [0.25, 0.3) is 0 Å². The molecule has 2 rings (SSSR count). The average Bonchev–Trinajstić information content (AvgIpc) is 3.71. The summed E-state index contributed by atoms with van der Waals surface area (Å²) in [6.07, 6.45) is 6.31. The topological polar surface area (TPSA) is 218 Å². The van der Waals surface area contributed by atoms with E-state index in [-0.39, 0.29) is 60.0 Å². The first kappa shape index (κ1) is 60.9. The van der Waals surface area contributed by atoms with E-state index in [9.17, 15) is 27.6 Å². The van der Waals surface area contributed by atoms with Gasteiger partial charge in [-0.15, -0.1) is 0 Å². The summed E-state index contributed by atoms with van der Waals surface area (Å²) in [6.45, 7) is 37.3. The fourth-order valence-electron chi connectivity index (χ4n) is 5.14. The second-order valence-corrected chi connectivity index (χ2v) is 20.0. The molecule has 0 aliphatic carbocycles. The van der Waals surface area contributed by atoms with E-state index in [0.29, 0.717) is 26.2 Å². The van der Waals surface area contributed by atoms with Crippen LogP contribution in [0, 0.1) is 44.3 Å². The molecule has 0 atom stereocenters. The minimum atomic E-state index is -3.38. The van der Waals surface area contributed by atoms with Crippen molar-refractivity contribution in [3.63, 3.8) is 0 Å². The van der Waals surface area contributed by atoms with E-state index in [0.717, 1.165) is 56.2 Å². The van der Waals surface area contributed by atoms with Crippen LogP contribution in [-0.2, 0) is 48.0 Å². The molecule has 0 fully saturated rings. The molecule has 0 bridgehead atoms. The zero-order chi connectivity index (χ0) is 49.8. The van der Waals surface area contributed by atoms with Crippen molar-refractivity contribution in [2.75, 3.05) is 71.4 Å². The van der Waals surface area contributed by atoms with Gasteiger partial charge in [0.05, 0.1) is 54.8 Å². The lowest BCUT2D eigenvalue weighted by atomic mass is 9.90. The summed E-state index contributed by atoms with van der Waals surface area (Å²) in [7, 11) is 1.84. The van der Waals surface area contributed by atoms with Crippen LogP contribution < -0.4 is 0 Å². The predicted octanol–water partition coefficient (Wildman–Crippen LogP) is 6.30. The van der Waals surface area contributed by atoms with Gasteiger partial charge in [-0.05, 0) is 52.9 Å². The van der Waals surface area contributed by atoms with Crippen LogP contribution in [0.15, 0.2) is 58.8 Å². The number of carbonyl (C=O) groups is 4. The molecule has 0 aromatic heterocycles. The van der Waals surface area contributed by atoms with E-state index >= 15 is 0 Å². The number of esters is 4. The standard InChI is InChI=1S/C14H24N2O2.C12H19BN2O2.C10H15NO4S.C10H15NO2/c1-5-7-12(17)18-11-10-16-9-6-8-15-13(16)14(2,3)4;1-9(13)10(16)17-8-7-15-6-5-14-11(15)12(2,3)4;1-4-16(13,14)6-5-9(12)15-8-10(2,3)7-11;1-4-7-13-9(12)5-6-10(2,3)8-11/h5,7H,6,8-11H2,1-4H3;1,5-8H2,2-4H3;4H,1,5-6,8H2,2-3H3;4H,1,5-7H2,2-3H3/b7-5+;;;. The minimum absolute atomic E-state index is 0.0258. The van der Waals surface area contributed by atoms with Gasteiger partial charge in [-0.25, -0.2) is 18.0 Å². The van der Waals surface area contributed by atoms with Crippen LogP contribution in [0.4, 0.5) is 0 Å². The van der Waals surface area contributed by atoms with Crippen LogP contribution in [0.25, 0.3) is 0 Å². The summed E-state index contributed by atoms with van der Waals surface area (Å²) in [5.74, 6) is 0.151. The number of hydrogen-bond acceptors (Lipinski definition) is 16. The molecule has 356 valence electrons. The number of ether oxygens (including phenoxy) is 4. The highest BCUT2D eigenvalue weighted by atomic mass is 32.2. The number of rotatable bonds is 19. The molecule has 2 heterocycles. The maximum Gasteiger partial charge on any atom is 0.330 e. The van der Waals surface area contributed by atoms with Crippen molar-refractivity contribution in [3.8, 4) is 12.1 Å². The number of sulfone groups is 1. The second kappa shape index (κ2) is 30.0.